The fourth-order valence-corrected chi connectivity index (χ4v) is 1.81. The van der Waals surface area contributed by atoms with Gasteiger partial charge in [0.2, 0.25) is 11.9 Å². The van der Waals surface area contributed by atoms with Crippen molar-refractivity contribution >= 4 is 23.7 Å². The number of thioether (sulfide) groups is 1. The number of aromatic nitrogens is 5. The molecule has 2 aromatic rings. The SMILES string of the molecule is CSC(C)CCNc1nc(N)nc(-n2cccn2)n1. The van der Waals surface area contributed by atoms with E-state index >= 15 is 0 Å². The van der Waals surface area contributed by atoms with E-state index in [0.29, 0.717) is 17.1 Å². The van der Waals surface area contributed by atoms with Gasteiger partial charge in [-0.2, -0.15) is 31.8 Å². The summed E-state index contributed by atoms with van der Waals surface area (Å²) in [6, 6.07) is 1.80. The van der Waals surface area contributed by atoms with Crippen molar-refractivity contribution in [3.05, 3.63) is 18.5 Å². The molecule has 8 heteroatoms. The van der Waals surface area contributed by atoms with Gasteiger partial charge in [-0.1, -0.05) is 6.92 Å². The molecule has 0 aliphatic rings. The number of nitrogen functional groups attached to an aromatic ring is 1. The van der Waals surface area contributed by atoms with Crippen LogP contribution in [0.2, 0.25) is 0 Å². The third kappa shape index (κ3) is 3.82. The number of anilines is 2. The molecule has 0 aromatic carbocycles. The van der Waals surface area contributed by atoms with E-state index < -0.39 is 0 Å². The molecule has 0 bridgehead atoms. The van der Waals surface area contributed by atoms with Gasteiger partial charge < -0.3 is 11.1 Å². The average molecular weight is 279 g/mol. The van der Waals surface area contributed by atoms with E-state index in [0.717, 1.165) is 13.0 Å². The zero-order chi connectivity index (χ0) is 13.7. The Kier molecular flexibility index (Phi) is 4.56. The first-order valence-electron chi connectivity index (χ1n) is 5.97. The van der Waals surface area contributed by atoms with Gasteiger partial charge in [0.1, 0.15) is 0 Å². The Labute approximate surface area is 116 Å². The van der Waals surface area contributed by atoms with Crippen LogP contribution in [0.15, 0.2) is 18.5 Å². The van der Waals surface area contributed by atoms with Crippen LogP contribution in [0.25, 0.3) is 5.95 Å². The smallest absolute Gasteiger partial charge is 0.257 e. The summed E-state index contributed by atoms with van der Waals surface area (Å²) in [4.78, 5) is 12.4. The molecule has 0 radical (unpaired) electrons. The van der Waals surface area contributed by atoms with Gasteiger partial charge in [0.15, 0.2) is 0 Å². The van der Waals surface area contributed by atoms with Gasteiger partial charge >= 0.3 is 0 Å². The number of nitrogens with zero attached hydrogens (tertiary/aromatic N) is 5. The van der Waals surface area contributed by atoms with Crippen molar-refractivity contribution < 1.29 is 0 Å². The fourth-order valence-electron chi connectivity index (χ4n) is 1.45. The Bertz CT molecular complexity index is 514. The normalized spacial score (nSPS) is 12.3. The lowest BCUT2D eigenvalue weighted by Gasteiger charge is -2.09. The molecule has 2 rings (SSSR count). The van der Waals surface area contributed by atoms with Crippen LogP contribution in [0.3, 0.4) is 0 Å². The second-order valence-corrected chi connectivity index (χ2v) is 5.31. The van der Waals surface area contributed by atoms with Gasteiger partial charge in [0.05, 0.1) is 0 Å². The molecule has 102 valence electrons. The Balaban J connectivity index is 2.05. The van der Waals surface area contributed by atoms with Crippen LogP contribution in [-0.2, 0) is 0 Å². The first kappa shape index (κ1) is 13.6. The van der Waals surface area contributed by atoms with E-state index in [1.807, 2.05) is 11.8 Å². The van der Waals surface area contributed by atoms with Crippen molar-refractivity contribution in [2.75, 3.05) is 23.9 Å². The largest absolute Gasteiger partial charge is 0.368 e. The van der Waals surface area contributed by atoms with E-state index in [9.17, 15) is 0 Å². The van der Waals surface area contributed by atoms with Crippen LogP contribution in [-0.4, -0.2) is 42.8 Å². The minimum Gasteiger partial charge on any atom is -0.368 e. The molecule has 2 aromatic heterocycles. The summed E-state index contributed by atoms with van der Waals surface area (Å²) in [5.74, 6) is 1.07. The van der Waals surface area contributed by atoms with E-state index in [2.05, 4.69) is 38.5 Å². The van der Waals surface area contributed by atoms with Crippen molar-refractivity contribution in [2.24, 2.45) is 0 Å². The summed E-state index contributed by atoms with van der Waals surface area (Å²) >= 11 is 1.83. The van der Waals surface area contributed by atoms with Gasteiger partial charge in [-0.3, -0.25) is 0 Å². The Morgan fingerprint density at radius 1 is 1.42 bits per heavy atom. The van der Waals surface area contributed by atoms with Crippen LogP contribution in [0, 0.1) is 0 Å². The molecule has 19 heavy (non-hydrogen) atoms. The molecule has 7 nitrogen and oxygen atoms in total. The van der Waals surface area contributed by atoms with Gasteiger partial charge in [0, 0.05) is 24.2 Å². The summed E-state index contributed by atoms with van der Waals surface area (Å²) in [5.41, 5.74) is 5.68. The molecule has 0 aliphatic carbocycles. The molecule has 1 atom stereocenters. The van der Waals surface area contributed by atoms with Crippen molar-refractivity contribution in [2.45, 2.75) is 18.6 Å². The molecule has 3 N–H and O–H groups in total. The van der Waals surface area contributed by atoms with Crippen LogP contribution in [0.4, 0.5) is 11.9 Å². The number of hydrogen-bond acceptors (Lipinski definition) is 7. The predicted molar refractivity (Wildman–Crippen MR) is 77.4 cm³/mol. The fraction of sp³-hybridized carbons (Fsp3) is 0.455. The number of nitrogens with two attached hydrogens (primary N) is 1. The topological polar surface area (TPSA) is 94.5 Å². The van der Waals surface area contributed by atoms with Crippen molar-refractivity contribution in [3.8, 4) is 5.95 Å². The lowest BCUT2D eigenvalue weighted by atomic mass is 10.3. The summed E-state index contributed by atoms with van der Waals surface area (Å²) in [5, 5.41) is 7.82. The first-order chi connectivity index (χ1) is 9.19. The minimum absolute atomic E-state index is 0.181. The number of hydrogen-bond donors (Lipinski definition) is 2. The van der Waals surface area contributed by atoms with E-state index in [1.165, 1.54) is 0 Å². The highest BCUT2D eigenvalue weighted by molar-refractivity contribution is 7.99. The van der Waals surface area contributed by atoms with Crippen LogP contribution >= 0.6 is 11.8 Å². The van der Waals surface area contributed by atoms with E-state index in [4.69, 9.17) is 5.73 Å². The molecule has 2 heterocycles. The maximum atomic E-state index is 5.68. The lowest BCUT2D eigenvalue weighted by Crippen LogP contribution is -2.14. The molecule has 0 saturated carbocycles. The Morgan fingerprint density at radius 3 is 2.95 bits per heavy atom. The van der Waals surface area contributed by atoms with Gasteiger partial charge in [0.25, 0.3) is 5.95 Å². The average Bonchev–Trinajstić information content (AvgIpc) is 2.91. The van der Waals surface area contributed by atoms with E-state index in [1.54, 1.807) is 23.1 Å². The zero-order valence-corrected chi connectivity index (χ0v) is 11.8. The molecular formula is C11H17N7S. The zero-order valence-electron chi connectivity index (χ0n) is 10.9. The standard InChI is InChI=1S/C11H17N7S/c1-8(19-2)4-6-13-10-15-9(12)16-11(17-10)18-7-3-5-14-18/h3,5,7-8H,4,6H2,1-2H3,(H3,12,13,15,16,17). The Hall–Kier alpha value is -1.83. The molecule has 0 aliphatic heterocycles. The van der Waals surface area contributed by atoms with Crippen LogP contribution in [0.5, 0.6) is 0 Å². The first-order valence-corrected chi connectivity index (χ1v) is 7.26. The molecule has 0 fully saturated rings. The lowest BCUT2D eigenvalue weighted by molar-refractivity contribution is 0.791. The van der Waals surface area contributed by atoms with Crippen LogP contribution in [0.1, 0.15) is 13.3 Å². The maximum Gasteiger partial charge on any atom is 0.257 e. The summed E-state index contributed by atoms with van der Waals surface area (Å²) in [6.07, 6.45) is 6.55. The molecule has 0 saturated heterocycles. The van der Waals surface area contributed by atoms with Crippen LogP contribution < -0.4 is 11.1 Å². The Morgan fingerprint density at radius 2 is 2.26 bits per heavy atom. The second-order valence-electron chi connectivity index (χ2n) is 4.03. The summed E-state index contributed by atoms with van der Waals surface area (Å²) < 4.78 is 1.55. The quantitative estimate of drug-likeness (QED) is 0.820. The molecule has 0 spiro atoms. The number of rotatable bonds is 6. The molecule has 0 amide bonds. The van der Waals surface area contributed by atoms with E-state index in [-0.39, 0.29) is 5.95 Å². The molecule has 1 unspecified atom stereocenters. The third-order valence-corrected chi connectivity index (χ3v) is 3.63. The third-order valence-electron chi connectivity index (χ3n) is 2.59. The number of nitrogens with one attached hydrogen (secondary N) is 1. The summed E-state index contributed by atoms with van der Waals surface area (Å²) in [7, 11) is 0. The maximum absolute atomic E-state index is 5.68. The second kappa shape index (κ2) is 6.37. The van der Waals surface area contributed by atoms with Crippen molar-refractivity contribution in [1.29, 1.82) is 0 Å². The predicted octanol–water partition coefficient (Wildman–Crippen LogP) is 1.19. The van der Waals surface area contributed by atoms with Gasteiger partial charge in [-0.05, 0) is 18.7 Å². The minimum atomic E-state index is 0.181. The van der Waals surface area contributed by atoms with Crippen molar-refractivity contribution in [1.82, 2.24) is 24.7 Å². The highest BCUT2D eigenvalue weighted by Gasteiger charge is 2.06. The highest BCUT2D eigenvalue weighted by atomic mass is 32.2. The summed E-state index contributed by atoms with van der Waals surface area (Å²) in [6.45, 7) is 2.98. The molecular weight excluding hydrogens is 262 g/mol. The monoisotopic (exact) mass is 279 g/mol. The van der Waals surface area contributed by atoms with Gasteiger partial charge in [-0.15, -0.1) is 0 Å². The van der Waals surface area contributed by atoms with Crippen molar-refractivity contribution in [3.63, 3.8) is 0 Å². The highest BCUT2D eigenvalue weighted by Crippen LogP contribution is 2.10. The van der Waals surface area contributed by atoms with Gasteiger partial charge in [-0.25, -0.2) is 4.68 Å².